The molecule has 0 aliphatic carbocycles. The minimum absolute atomic E-state index is 0.533. The first kappa shape index (κ1) is 11.7. The third kappa shape index (κ3) is 2.53. The SMILES string of the molecule is CCCNC(C)(C(=O)O)c1ccccn1. The van der Waals surface area contributed by atoms with Gasteiger partial charge >= 0.3 is 5.97 Å². The molecule has 2 N–H and O–H groups in total. The molecule has 0 aliphatic rings. The van der Waals surface area contributed by atoms with Gasteiger partial charge in [0.05, 0.1) is 5.69 Å². The number of nitrogens with zero attached hydrogens (tertiary/aromatic N) is 1. The first-order valence-corrected chi connectivity index (χ1v) is 5.01. The molecule has 1 aromatic rings. The van der Waals surface area contributed by atoms with E-state index in [-0.39, 0.29) is 0 Å². The Kier molecular flexibility index (Phi) is 3.80. The van der Waals surface area contributed by atoms with Crippen LogP contribution in [0.5, 0.6) is 0 Å². The fraction of sp³-hybridized carbons (Fsp3) is 0.455. The number of hydrogen-bond acceptors (Lipinski definition) is 3. The van der Waals surface area contributed by atoms with E-state index in [0.29, 0.717) is 12.2 Å². The van der Waals surface area contributed by atoms with Gasteiger partial charge in [-0.15, -0.1) is 0 Å². The number of pyridine rings is 1. The van der Waals surface area contributed by atoms with Gasteiger partial charge in [-0.25, -0.2) is 4.79 Å². The van der Waals surface area contributed by atoms with Gasteiger partial charge in [0.1, 0.15) is 0 Å². The summed E-state index contributed by atoms with van der Waals surface area (Å²) in [5.74, 6) is -0.908. The molecule has 1 unspecified atom stereocenters. The summed E-state index contributed by atoms with van der Waals surface area (Å²) in [6.07, 6.45) is 2.49. The molecule has 1 aromatic heterocycles. The van der Waals surface area contributed by atoms with Crippen LogP contribution in [-0.2, 0) is 10.3 Å². The fourth-order valence-corrected chi connectivity index (χ4v) is 1.31. The Bertz CT molecular complexity index is 327. The van der Waals surface area contributed by atoms with Crippen molar-refractivity contribution in [1.29, 1.82) is 0 Å². The molecule has 0 radical (unpaired) electrons. The van der Waals surface area contributed by atoms with Crippen molar-refractivity contribution in [3.05, 3.63) is 30.1 Å². The van der Waals surface area contributed by atoms with E-state index in [0.717, 1.165) is 6.42 Å². The van der Waals surface area contributed by atoms with Crippen LogP contribution in [0.1, 0.15) is 26.0 Å². The molecular formula is C11H16N2O2. The van der Waals surface area contributed by atoms with Gasteiger partial charge in [-0.2, -0.15) is 0 Å². The molecule has 0 bridgehead atoms. The molecule has 1 rings (SSSR count). The van der Waals surface area contributed by atoms with Crippen molar-refractivity contribution in [2.45, 2.75) is 25.8 Å². The topological polar surface area (TPSA) is 62.2 Å². The van der Waals surface area contributed by atoms with E-state index in [2.05, 4.69) is 10.3 Å². The van der Waals surface area contributed by atoms with Gasteiger partial charge in [0, 0.05) is 6.20 Å². The zero-order valence-corrected chi connectivity index (χ0v) is 9.03. The maximum atomic E-state index is 11.2. The summed E-state index contributed by atoms with van der Waals surface area (Å²) in [5.41, 5.74) is -0.567. The number of rotatable bonds is 5. The molecule has 0 aromatic carbocycles. The van der Waals surface area contributed by atoms with Crippen LogP contribution in [0.15, 0.2) is 24.4 Å². The highest BCUT2D eigenvalue weighted by molar-refractivity contribution is 5.79. The highest BCUT2D eigenvalue weighted by Crippen LogP contribution is 2.18. The second-order valence-electron chi connectivity index (χ2n) is 3.57. The van der Waals surface area contributed by atoms with Crippen LogP contribution in [-0.4, -0.2) is 22.6 Å². The first-order chi connectivity index (χ1) is 7.11. The minimum Gasteiger partial charge on any atom is -0.480 e. The van der Waals surface area contributed by atoms with Gasteiger partial charge in [-0.3, -0.25) is 10.3 Å². The average Bonchev–Trinajstić information content (AvgIpc) is 2.27. The summed E-state index contributed by atoms with van der Waals surface area (Å²) in [4.78, 5) is 15.3. The molecule has 4 heteroatoms. The minimum atomic E-state index is -1.10. The third-order valence-electron chi connectivity index (χ3n) is 2.33. The maximum absolute atomic E-state index is 11.2. The zero-order chi connectivity index (χ0) is 11.3. The van der Waals surface area contributed by atoms with Crippen LogP contribution >= 0.6 is 0 Å². The highest BCUT2D eigenvalue weighted by atomic mass is 16.4. The van der Waals surface area contributed by atoms with E-state index in [9.17, 15) is 9.90 Å². The Hall–Kier alpha value is -1.42. The van der Waals surface area contributed by atoms with Crippen LogP contribution in [0, 0.1) is 0 Å². The lowest BCUT2D eigenvalue weighted by Gasteiger charge is -2.25. The predicted octanol–water partition coefficient (Wildman–Crippen LogP) is 1.38. The number of carboxylic acids is 1. The number of carboxylic acid groups (broad SMARTS) is 1. The van der Waals surface area contributed by atoms with Gasteiger partial charge in [0.25, 0.3) is 0 Å². The Morgan fingerprint density at radius 1 is 1.60 bits per heavy atom. The van der Waals surface area contributed by atoms with Gasteiger partial charge in [0.2, 0.25) is 0 Å². The molecule has 1 atom stereocenters. The quantitative estimate of drug-likeness (QED) is 0.767. The van der Waals surface area contributed by atoms with E-state index < -0.39 is 11.5 Å². The maximum Gasteiger partial charge on any atom is 0.329 e. The molecule has 0 saturated carbocycles. The molecule has 15 heavy (non-hydrogen) atoms. The second-order valence-corrected chi connectivity index (χ2v) is 3.57. The fourth-order valence-electron chi connectivity index (χ4n) is 1.31. The van der Waals surface area contributed by atoms with Crippen LogP contribution in [0.3, 0.4) is 0 Å². The smallest absolute Gasteiger partial charge is 0.329 e. The lowest BCUT2D eigenvalue weighted by molar-refractivity contribution is -0.144. The third-order valence-corrected chi connectivity index (χ3v) is 2.33. The van der Waals surface area contributed by atoms with Gasteiger partial charge in [-0.1, -0.05) is 13.0 Å². The van der Waals surface area contributed by atoms with Crippen LogP contribution in [0.25, 0.3) is 0 Å². The lowest BCUT2D eigenvalue weighted by Crippen LogP contribution is -2.47. The van der Waals surface area contributed by atoms with Crippen molar-refractivity contribution in [2.75, 3.05) is 6.54 Å². The van der Waals surface area contributed by atoms with Crippen molar-refractivity contribution < 1.29 is 9.90 Å². The molecule has 0 fully saturated rings. The Morgan fingerprint density at radius 3 is 2.80 bits per heavy atom. The molecule has 0 saturated heterocycles. The van der Waals surface area contributed by atoms with Crippen molar-refractivity contribution >= 4 is 5.97 Å². The standard InChI is InChI=1S/C11H16N2O2/c1-3-7-13-11(2,10(14)15)9-6-4-5-8-12-9/h4-6,8,13H,3,7H2,1-2H3,(H,14,15). The Morgan fingerprint density at radius 2 is 2.33 bits per heavy atom. The summed E-state index contributed by atoms with van der Waals surface area (Å²) in [6.45, 7) is 4.28. The monoisotopic (exact) mass is 208 g/mol. The number of hydrogen-bond donors (Lipinski definition) is 2. The zero-order valence-electron chi connectivity index (χ0n) is 9.03. The molecular weight excluding hydrogens is 192 g/mol. The van der Waals surface area contributed by atoms with Crippen molar-refractivity contribution in [2.24, 2.45) is 0 Å². The second kappa shape index (κ2) is 4.89. The van der Waals surface area contributed by atoms with Gasteiger partial charge < -0.3 is 5.11 Å². The number of carbonyl (C=O) groups is 1. The number of aliphatic carboxylic acids is 1. The van der Waals surface area contributed by atoms with Crippen molar-refractivity contribution in [3.8, 4) is 0 Å². The predicted molar refractivity (Wildman–Crippen MR) is 57.5 cm³/mol. The summed E-state index contributed by atoms with van der Waals surface area (Å²) < 4.78 is 0. The van der Waals surface area contributed by atoms with E-state index in [1.54, 1.807) is 31.3 Å². The van der Waals surface area contributed by atoms with E-state index in [4.69, 9.17) is 0 Å². The average molecular weight is 208 g/mol. The molecule has 0 spiro atoms. The first-order valence-electron chi connectivity index (χ1n) is 5.01. The van der Waals surface area contributed by atoms with E-state index >= 15 is 0 Å². The number of aromatic nitrogens is 1. The van der Waals surface area contributed by atoms with Crippen LogP contribution < -0.4 is 5.32 Å². The number of nitrogens with one attached hydrogen (secondary N) is 1. The van der Waals surface area contributed by atoms with Gasteiger partial charge in [0.15, 0.2) is 5.54 Å². The molecule has 0 amide bonds. The summed E-state index contributed by atoms with van der Waals surface area (Å²) in [7, 11) is 0. The van der Waals surface area contributed by atoms with Crippen LogP contribution in [0.2, 0.25) is 0 Å². The normalized spacial score (nSPS) is 14.5. The largest absolute Gasteiger partial charge is 0.480 e. The Balaban J connectivity index is 2.96. The molecule has 82 valence electrons. The van der Waals surface area contributed by atoms with Gasteiger partial charge in [-0.05, 0) is 32.0 Å². The van der Waals surface area contributed by atoms with E-state index in [1.807, 2.05) is 6.92 Å². The van der Waals surface area contributed by atoms with Crippen molar-refractivity contribution in [3.63, 3.8) is 0 Å². The summed E-state index contributed by atoms with van der Waals surface area (Å²) in [6, 6.07) is 5.28. The molecule has 1 heterocycles. The molecule has 0 aliphatic heterocycles. The summed E-state index contributed by atoms with van der Waals surface area (Å²) in [5, 5.41) is 12.2. The van der Waals surface area contributed by atoms with E-state index in [1.165, 1.54) is 0 Å². The Labute approximate surface area is 89.3 Å². The molecule has 4 nitrogen and oxygen atoms in total. The highest BCUT2D eigenvalue weighted by Gasteiger charge is 2.35. The van der Waals surface area contributed by atoms with Crippen molar-refractivity contribution in [1.82, 2.24) is 10.3 Å². The summed E-state index contributed by atoms with van der Waals surface area (Å²) >= 11 is 0. The van der Waals surface area contributed by atoms with Crippen LogP contribution in [0.4, 0.5) is 0 Å². The lowest BCUT2D eigenvalue weighted by atomic mass is 9.97.